The quantitative estimate of drug-likeness (QED) is 0.894. The molecule has 0 spiro atoms. The first-order valence-electron chi connectivity index (χ1n) is 8.43. The lowest BCUT2D eigenvalue weighted by Crippen LogP contribution is -2.44. The standard InChI is InChI=1S/C19H23N3O3/c1-13-10-22(11-14(2)25-13)12-15-5-7-16(8-6-15)19(24)21-18-17(23)4-3-9-20-18/h3-9,13-14,23H,10-12H2,1-2H3,(H,20,21,24)/t13-,14-/m1/s1. The third-order valence-electron chi connectivity index (χ3n) is 4.14. The molecule has 3 rings (SSSR count). The summed E-state index contributed by atoms with van der Waals surface area (Å²) in [4.78, 5) is 18.6. The van der Waals surface area contributed by atoms with Crippen molar-refractivity contribution in [2.45, 2.75) is 32.6 Å². The van der Waals surface area contributed by atoms with Gasteiger partial charge in [0.05, 0.1) is 12.2 Å². The molecule has 1 amide bonds. The number of anilines is 1. The number of rotatable bonds is 4. The summed E-state index contributed by atoms with van der Waals surface area (Å²) in [7, 11) is 0. The van der Waals surface area contributed by atoms with Crippen molar-refractivity contribution in [1.82, 2.24) is 9.88 Å². The van der Waals surface area contributed by atoms with Gasteiger partial charge in [0, 0.05) is 31.4 Å². The second-order valence-electron chi connectivity index (χ2n) is 6.47. The van der Waals surface area contributed by atoms with Gasteiger partial charge in [-0.15, -0.1) is 0 Å². The molecule has 0 bridgehead atoms. The Morgan fingerprint density at radius 2 is 1.92 bits per heavy atom. The number of ether oxygens (including phenoxy) is 1. The van der Waals surface area contributed by atoms with E-state index in [9.17, 15) is 9.90 Å². The number of aromatic hydroxyl groups is 1. The van der Waals surface area contributed by atoms with Gasteiger partial charge in [-0.3, -0.25) is 9.69 Å². The van der Waals surface area contributed by atoms with Crippen molar-refractivity contribution in [3.8, 4) is 5.75 Å². The fourth-order valence-corrected chi connectivity index (χ4v) is 3.11. The molecule has 1 aliphatic rings. The van der Waals surface area contributed by atoms with E-state index in [1.165, 1.54) is 12.3 Å². The number of amides is 1. The highest BCUT2D eigenvalue weighted by molar-refractivity contribution is 6.04. The van der Waals surface area contributed by atoms with Gasteiger partial charge < -0.3 is 15.2 Å². The smallest absolute Gasteiger partial charge is 0.256 e. The Balaban J connectivity index is 1.62. The van der Waals surface area contributed by atoms with Gasteiger partial charge in [0.15, 0.2) is 11.6 Å². The number of aromatic nitrogens is 1. The van der Waals surface area contributed by atoms with E-state index in [1.807, 2.05) is 12.1 Å². The van der Waals surface area contributed by atoms with Crippen molar-refractivity contribution in [2.24, 2.45) is 0 Å². The summed E-state index contributed by atoms with van der Waals surface area (Å²) in [5.74, 6) is -0.190. The third-order valence-corrected chi connectivity index (χ3v) is 4.14. The molecule has 132 valence electrons. The third kappa shape index (κ3) is 4.55. The number of hydrogen-bond acceptors (Lipinski definition) is 5. The average molecular weight is 341 g/mol. The summed E-state index contributed by atoms with van der Waals surface area (Å²) in [6.45, 7) is 6.82. The Labute approximate surface area is 147 Å². The van der Waals surface area contributed by atoms with Crippen LogP contribution in [0, 0.1) is 0 Å². The van der Waals surface area contributed by atoms with Crippen LogP contribution in [0.5, 0.6) is 5.75 Å². The normalized spacial score (nSPS) is 21.0. The van der Waals surface area contributed by atoms with Gasteiger partial charge in [-0.2, -0.15) is 0 Å². The maximum atomic E-state index is 12.3. The number of pyridine rings is 1. The lowest BCUT2D eigenvalue weighted by Gasteiger charge is -2.35. The molecule has 0 saturated carbocycles. The summed E-state index contributed by atoms with van der Waals surface area (Å²) in [5, 5.41) is 12.3. The molecule has 2 heterocycles. The van der Waals surface area contributed by atoms with Crippen molar-refractivity contribution in [3.05, 3.63) is 53.7 Å². The molecule has 6 nitrogen and oxygen atoms in total. The number of benzene rings is 1. The highest BCUT2D eigenvalue weighted by Crippen LogP contribution is 2.19. The van der Waals surface area contributed by atoms with Crippen LogP contribution < -0.4 is 5.32 Å². The number of carbonyl (C=O) groups is 1. The van der Waals surface area contributed by atoms with Crippen molar-refractivity contribution in [1.29, 1.82) is 0 Å². The predicted octanol–water partition coefficient (Wildman–Crippen LogP) is 2.65. The number of morpholine rings is 1. The molecule has 2 atom stereocenters. The fourth-order valence-electron chi connectivity index (χ4n) is 3.11. The number of hydrogen-bond donors (Lipinski definition) is 2. The largest absolute Gasteiger partial charge is 0.504 e. The maximum absolute atomic E-state index is 12.3. The van der Waals surface area contributed by atoms with Crippen LogP contribution in [-0.2, 0) is 11.3 Å². The minimum absolute atomic E-state index is 0.0528. The average Bonchev–Trinajstić information content (AvgIpc) is 2.56. The lowest BCUT2D eigenvalue weighted by molar-refractivity contribution is -0.0704. The summed E-state index contributed by atoms with van der Waals surface area (Å²) < 4.78 is 5.75. The van der Waals surface area contributed by atoms with Crippen LogP contribution in [0.25, 0.3) is 0 Å². The molecular formula is C19H23N3O3. The van der Waals surface area contributed by atoms with E-state index >= 15 is 0 Å². The van der Waals surface area contributed by atoms with Crippen LogP contribution in [0.2, 0.25) is 0 Å². The van der Waals surface area contributed by atoms with Crippen LogP contribution >= 0.6 is 0 Å². The van der Waals surface area contributed by atoms with Gasteiger partial charge in [-0.1, -0.05) is 12.1 Å². The van der Waals surface area contributed by atoms with Crippen molar-refractivity contribution < 1.29 is 14.6 Å². The first-order valence-corrected chi connectivity index (χ1v) is 8.43. The lowest BCUT2D eigenvalue weighted by atomic mass is 10.1. The topological polar surface area (TPSA) is 74.7 Å². The van der Waals surface area contributed by atoms with Crippen molar-refractivity contribution in [3.63, 3.8) is 0 Å². The molecule has 0 aliphatic carbocycles. The summed E-state index contributed by atoms with van der Waals surface area (Å²) in [5.41, 5.74) is 1.68. The minimum Gasteiger partial charge on any atom is -0.504 e. The van der Waals surface area contributed by atoms with E-state index < -0.39 is 0 Å². The number of nitrogens with one attached hydrogen (secondary N) is 1. The Bertz CT molecular complexity index is 723. The van der Waals surface area contributed by atoms with Crippen LogP contribution in [0.4, 0.5) is 5.82 Å². The van der Waals surface area contributed by atoms with E-state index in [4.69, 9.17) is 4.74 Å². The molecular weight excluding hydrogens is 318 g/mol. The molecule has 2 N–H and O–H groups in total. The first-order chi connectivity index (χ1) is 12.0. The van der Waals surface area contributed by atoms with Gasteiger partial charge >= 0.3 is 0 Å². The van der Waals surface area contributed by atoms with E-state index in [-0.39, 0.29) is 29.7 Å². The van der Waals surface area contributed by atoms with Crippen LogP contribution in [-0.4, -0.2) is 46.2 Å². The zero-order valence-electron chi connectivity index (χ0n) is 14.5. The van der Waals surface area contributed by atoms with Crippen LogP contribution in [0.1, 0.15) is 29.8 Å². The monoisotopic (exact) mass is 341 g/mol. The predicted molar refractivity (Wildman–Crippen MR) is 95.6 cm³/mol. The summed E-state index contributed by atoms with van der Waals surface area (Å²) in [6.07, 6.45) is 1.99. The molecule has 25 heavy (non-hydrogen) atoms. The zero-order chi connectivity index (χ0) is 17.8. The van der Waals surface area contributed by atoms with Gasteiger partial charge in [0.1, 0.15) is 0 Å². The Kier molecular flexibility index (Phi) is 5.31. The van der Waals surface area contributed by atoms with Crippen molar-refractivity contribution in [2.75, 3.05) is 18.4 Å². The second-order valence-corrected chi connectivity index (χ2v) is 6.47. The van der Waals surface area contributed by atoms with Gasteiger partial charge in [-0.05, 0) is 43.7 Å². The van der Waals surface area contributed by atoms with E-state index in [0.29, 0.717) is 5.56 Å². The van der Waals surface area contributed by atoms with Gasteiger partial charge in [0.2, 0.25) is 0 Å². The van der Waals surface area contributed by atoms with Crippen LogP contribution in [0.3, 0.4) is 0 Å². The zero-order valence-corrected chi connectivity index (χ0v) is 14.5. The van der Waals surface area contributed by atoms with E-state index in [1.54, 1.807) is 18.2 Å². The summed E-state index contributed by atoms with van der Waals surface area (Å²) >= 11 is 0. The fraction of sp³-hybridized carbons (Fsp3) is 0.368. The Morgan fingerprint density at radius 1 is 1.24 bits per heavy atom. The molecule has 1 fully saturated rings. The second kappa shape index (κ2) is 7.63. The van der Waals surface area contributed by atoms with Gasteiger partial charge in [-0.25, -0.2) is 4.98 Å². The number of nitrogens with zero attached hydrogens (tertiary/aromatic N) is 2. The molecule has 2 aromatic rings. The highest BCUT2D eigenvalue weighted by Gasteiger charge is 2.22. The SMILES string of the molecule is C[C@@H]1CN(Cc2ccc(C(=O)Nc3ncccc3O)cc2)C[C@@H](C)O1. The number of carbonyl (C=O) groups excluding carboxylic acids is 1. The molecule has 1 saturated heterocycles. The molecule has 6 heteroatoms. The maximum Gasteiger partial charge on any atom is 0.256 e. The highest BCUT2D eigenvalue weighted by atomic mass is 16.5. The van der Waals surface area contributed by atoms with E-state index in [2.05, 4.69) is 29.0 Å². The molecule has 0 unspecified atom stereocenters. The van der Waals surface area contributed by atoms with E-state index in [0.717, 1.165) is 25.2 Å². The first kappa shape index (κ1) is 17.4. The minimum atomic E-state index is -0.297. The molecule has 1 aromatic heterocycles. The summed E-state index contributed by atoms with van der Waals surface area (Å²) in [6, 6.07) is 10.6. The molecule has 1 aromatic carbocycles. The van der Waals surface area contributed by atoms with Gasteiger partial charge in [0.25, 0.3) is 5.91 Å². The Morgan fingerprint density at radius 3 is 2.56 bits per heavy atom. The molecule has 1 aliphatic heterocycles. The molecule has 0 radical (unpaired) electrons. The Hall–Kier alpha value is -2.44. The van der Waals surface area contributed by atoms with Crippen molar-refractivity contribution >= 4 is 11.7 Å². The van der Waals surface area contributed by atoms with Crippen LogP contribution in [0.15, 0.2) is 42.6 Å².